The Morgan fingerprint density at radius 1 is 1.34 bits per heavy atom. The number of H-pyrrole nitrogens is 1. The number of alkyl halides is 2. The number of halogens is 2. The Morgan fingerprint density at radius 3 is 2.44 bits per heavy atom. The highest BCUT2D eigenvalue weighted by Crippen LogP contribution is 2.68. The van der Waals surface area contributed by atoms with Crippen molar-refractivity contribution >= 4 is 43.0 Å². The fourth-order valence-electron chi connectivity index (χ4n) is 2.64. The van der Waals surface area contributed by atoms with E-state index in [2.05, 4.69) is 26.8 Å². The predicted molar refractivity (Wildman–Crippen MR) is 106 cm³/mol. The highest BCUT2D eigenvalue weighted by Gasteiger charge is 2.59. The van der Waals surface area contributed by atoms with Gasteiger partial charge in [0.15, 0.2) is 6.23 Å². The van der Waals surface area contributed by atoms with Gasteiger partial charge in [0.1, 0.15) is 30.0 Å². The first-order chi connectivity index (χ1) is 14.4. The second-order valence-corrected chi connectivity index (χ2v) is 13.2. The van der Waals surface area contributed by atoms with Crippen molar-refractivity contribution in [3.8, 4) is 0 Å². The topological polar surface area (TPSA) is 240 Å². The maximum absolute atomic E-state index is 13.7. The Kier molecular flexibility index (Phi) is 8.48. The molecule has 1 aliphatic rings. The molecule has 1 aromatic rings. The zero-order valence-electron chi connectivity index (χ0n) is 15.6. The summed E-state index contributed by atoms with van der Waals surface area (Å²) in [6.07, 6.45) is -6.67. The molecule has 0 aliphatic carbocycles. The molecule has 0 spiro atoms. The molecule has 7 atom stereocenters. The van der Waals surface area contributed by atoms with E-state index in [1.54, 1.807) is 0 Å². The van der Waals surface area contributed by atoms with E-state index < -0.39 is 70.2 Å². The summed E-state index contributed by atoms with van der Waals surface area (Å²) in [7, 11) is -13.5. The van der Waals surface area contributed by atoms with E-state index in [1.807, 2.05) is 4.98 Å². The van der Waals surface area contributed by atoms with Crippen LogP contribution in [0.15, 0.2) is 15.8 Å². The molecule has 6 N–H and O–H groups in total. The van der Waals surface area contributed by atoms with Gasteiger partial charge in [0.25, 0.3) is 12.8 Å². The van der Waals surface area contributed by atoms with Crippen LogP contribution in [0.3, 0.4) is 0 Å². The number of nitrogens with one attached hydrogen (secondary N) is 1. The first-order valence-electron chi connectivity index (χ1n) is 8.04. The van der Waals surface area contributed by atoms with E-state index in [0.29, 0.717) is 10.9 Å². The minimum absolute atomic E-state index is 0.413. The van der Waals surface area contributed by atoms with Crippen LogP contribution in [0.25, 0.3) is 0 Å². The van der Waals surface area contributed by atoms with E-state index in [1.165, 1.54) is 0 Å². The molecule has 3 unspecified atom stereocenters. The van der Waals surface area contributed by atoms with Gasteiger partial charge in [-0.1, -0.05) is 0 Å². The number of ether oxygens (including phenoxy) is 1. The monoisotopic (exact) mass is 565 g/mol. The zero-order chi connectivity index (χ0) is 24.7. The van der Waals surface area contributed by atoms with Crippen molar-refractivity contribution in [3.63, 3.8) is 0 Å². The number of rotatable bonds is 9. The predicted octanol–water partition coefficient (Wildman–Crippen LogP) is -0.419. The average molecular weight is 566 g/mol. The molecule has 184 valence electrons. The van der Waals surface area contributed by atoms with E-state index in [-0.39, 0.29) is 0 Å². The summed E-state index contributed by atoms with van der Waals surface area (Å²) < 4.78 is 55.4. The molecule has 0 radical (unpaired) electrons. The van der Waals surface area contributed by atoms with Gasteiger partial charge in [-0.15, -0.1) is 11.6 Å². The average Bonchev–Trinajstić information content (AvgIpc) is 2.84. The normalized spacial score (nSPS) is 31.1. The molecule has 2 heterocycles. The van der Waals surface area contributed by atoms with Gasteiger partial charge in [-0.3, -0.25) is 14.3 Å². The molecule has 2 rings (SSSR count). The van der Waals surface area contributed by atoms with E-state index in [9.17, 15) is 38.0 Å². The number of aliphatic hydroxyl groups is 1. The zero-order valence-corrected chi connectivity index (χ0v) is 20.0. The number of aromatic nitrogens is 3. The second kappa shape index (κ2) is 9.73. The lowest BCUT2D eigenvalue weighted by molar-refractivity contribution is -0.0793. The fraction of sp³-hybridized carbons (Fsp3) is 0.700. The summed E-state index contributed by atoms with van der Waals surface area (Å²) in [5.74, 6) is 0. The lowest BCUT2D eigenvalue weighted by Crippen LogP contribution is -2.48. The van der Waals surface area contributed by atoms with Crippen molar-refractivity contribution in [2.24, 2.45) is 0 Å². The first kappa shape index (κ1) is 27.9. The van der Waals surface area contributed by atoms with Crippen molar-refractivity contribution < 1.29 is 56.1 Å². The smallest absolute Gasteiger partial charge is 0.388 e. The maximum Gasteiger partial charge on any atom is 0.488 e. The third-order valence-electron chi connectivity index (χ3n) is 3.85. The highest BCUT2D eigenvalue weighted by molar-refractivity contribution is 7.91. The van der Waals surface area contributed by atoms with Crippen molar-refractivity contribution in [3.05, 3.63) is 27.0 Å². The Bertz CT molecular complexity index is 1110. The van der Waals surface area contributed by atoms with E-state index in [4.69, 9.17) is 26.1 Å². The molecule has 1 aliphatic heterocycles. The minimum Gasteiger partial charge on any atom is -0.388 e. The summed E-state index contributed by atoms with van der Waals surface area (Å²) >= 11 is 6.09. The van der Waals surface area contributed by atoms with Crippen LogP contribution in [0.1, 0.15) is 13.2 Å². The number of nitrogens with zero attached hydrogens (tertiary/aromatic N) is 2. The number of phosphoric ester groups is 1. The third-order valence-corrected chi connectivity index (χ3v) is 9.08. The summed E-state index contributed by atoms with van der Waals surface area (Å²) in [6.45, 7) is -0.516. The molecule has 22 heteroatoms. The number of hydrogen-bond acceptors (Lipinski definition) is 10. The number of aromatic amines is 1. The van der Waals surface area contributed by atoms with Crippen LogP contribution in [0.5, 0.6) is 0 Å². The van der Waals surface area contributed by atoms with Crippen molar-refractivity contribution in [1.29, 1.82) is 0 Å². The van der Waals surface area contributed by atoms with Gasteiger partial charge >= 0.3 is 21.3 Å². The molecule has 0 amide bonds. The van der Waals surface area contributed by atoms with Crippen LogP contribution in [-0.4, -0.2) is 69.3 Å². The van der Waals surface area contributed by atoms with E-state index in [0.717, 1.165) is 6.92 Å². The van der Waals surface area contributed by atoms with Crippen molar-refractivity contribution in [2.45, 2.75) is 36.3 Å². The second-order valence-electron chi connectivity index (χ2n) is 6.30. The Labute approximate surface area is 184 Å². The summed E-state index contributed by atoms with van der Waals surface area (Å²) in [5, 5.41) is 13.9. The van der Waals surface area contributed by atoms with Crippen LogP contribution < -0.4 is 11.2 Å². The molecule has 1 fully saturated rings. The first-order valence-corrected chi connectivity index (χ1v) is 14.4. The molecule has 0 saturated carbocycles. The number of hydrogen-bond donors (Lipinski definition) is 6. The molecule has 32 heavy (non-hydrogen) atoms. The van der Waals surface area contributed by atoms with Gasteiger partial charge in [0.05, 0.1) is 6.10 Å². The SMILES string of the molecule is C[C@H](OP(=O)(O)OP(=O)(O)OP(O)(O)=P)[C@H]1O[C@@H](n2ncc(=O)[nH]c2=O)C(Cl)(CF)[C@H]1O. The summed E-state index contributed by atoms with van der Waals surface area (Å²) in [4.78, 5) is 59.6. The molecule has 16 nitrogen and oxygen atoms in total. The lowest BCUT2D eigenvalue weighted by atomic mass is 9.98. The number of phosphoric acid groups is 2. The van der Waals surface area contributed by atoms with Gasteiger partial charge in [-0.05, 0) is 15.5 Å². The van der Waals surface area contributed by atoms with Gasteiger partial charge in [-0.2, -0.15) is 14.1 Å². The van der Waals surface area contributed by atoms with Gasteiger partial charge in [-0.25, -0.2) is 22.6 Å². The Balaban J connectivity index is 2.26. The molecule has 1 saturated heterocycles. The molecule has 0 bridgehead atoms. The maximum atomic E-state index is 13.7. The molecule has 0 aromatic carbocycles. The van der Waals surface area contributed by atoms with Crippen LogP contribution in [0.2, 0.25) is 0 Å². The van der Waals surface area contributed by atoms with Crippen LogP contribution in [-0.2, 0) is 27.0 Å². The van der Waals surface area contributed by atoms with E-state index >= 15 is 0 Å². The fourth-order valence-corrected chi connectivity index (χ4v) is 7.11. The molecule has 1 aromatic heterocycles. The molecular formula is C10H17ClFN3O13P4. The van der Waals surface area contributed by atoms with Crippen molar-refractivity contribution in [2.75, 3.05) is 6.67 Å². The molecular weight excluding hydrogens is 548 g/mol. The van der Waals surface area contributed by atoms with Gasteiger partial charge in [0, 0.05) is 0 Å². The van der Waals surface area contributed by atoms with Crippen LogP contribution in [0, 0.1) is 0 Å². The highest BCUT2D eigenvalue weighted by atomic mass is 35.5. The summed E-state index contributed by atoms with van der Waals surface area (Å²) in [5.41, 5.74) is -2.07. The van der Waals surface area contributed by atoms with Gasteiger partial charge < -0.3 is 29.4 Å². The minimum atomic E-state index is -5.56. The quantitative estimate of drug-likeness (QED) is 0.165. The standard InChI is InChI=1S/C10H17ClFN3O13P4/c1-4(26-30(19,20)27-31(21,22)28-32(23,24)29)6-7(17)10(11,3-12)8(25-6)15-9(18)14-5(16)2-13-15/h2,4,6-8,17,23-24,29H,3H2,1H3,(H,19,20)(H,21,22)(H,14,16,18)/t4-,6+,7-,8+,10?/m0/s1. The Morgan fingerprint density at radius 2 is 1.94 bits per heavy atom. The van der Waals surface area contributed by atoms with Gasteiger partial charge in [0.2, 0.25) is 0 Å². The van der Waals surface area contributed by atoms with Crippen LogP contribution >= 0.6 is 43.0 Å². The van der Waals surface area contributed by atoms with Crippen molar-refractivity contribution in [1.82, 2.24) is 14.8 Å². The lowest BCUT2D eigenvalue weighted by Gasteiger charge is -2.27. The largest absolute Gasteiger partial charge is 0.488 e. The number of aliphatic hydroxyl groups excluding tert-OH is 1. The summed E-state index contributed by atoms with van der Waals surface area (Å²) in [6, 6.07) is 0. The third kappa shape index (κ3) is 6.62. The van der Waals surface area contributed by atoms with Crippen LogP contribution in [0.4, 0.5) is 4.39 Å². The Hall–Kier alpha value is -0.340.